The molecule has 0 atom stereocenters. The molecular weight excluding hydrogens is 302 g/mol. The first kappa shape index (κ1) is 16.1. The van der Waals surface area contributed by atoms with Gasteiger partial charge in [-0.25, -0.2) is 0 Å². The summed E-state index contributed by atoms with van der Waals surface area (Å²) in [5.74, 6) is 0.828. The second-order valence-corrected chi connectivity index (χ2v) is 5.70. The van der Waals surface area contributed by atoms with Crippen LogP contribution in [0.2, 0.25) is 0 Å². The summed E-state index contributed by atoms with van der Waals surface area (Å²) < 4.78 is 7.02. The van der Waals surface area contributed by atoms with Gasteiger partial charge in [0.15, 0.2) is 0 Å². The number of benzene rings is 2. The highest BCUT2D eigenvalue weighted by atomic mass is 16.5. The second kappa shape index (κ2) is 7.17. The van der Waals surface area contributed by atoms with Crippen molar-refractivity contribution in [3.05, 3.63) is 59.8 Å². The minimum absolute atomic E-state index is 0.0167. The van der Waals surface area contributed by atoms with E-state index in [1.54, 1.807) is 7.11 Å². The number of hydrogen-bond acceptors (Lipinski definition) is 3. The van der Waals surface area contributed by atoms with Gasteiger partial charge in [-0.1, -0.05) is 30.3 Å². The van der Waals surface area contributed by atoms with E-state index in [0.717, 1.165) is 27.9 Å². The molecule has 1 N–H and O–H groups in total. The topological polar surface area (TPSA) is 56.1 Å². The monoisotopic (exact) mass is 323 g/mol. The highest BCUT2D eigenvalue weighted by Gasteiger charge is 2.08. The van der Waals surface area contributed by atoms with Crippen molar-refractivity contribution in [2.45, 2.75) is 26.4 Å². The van der Waals surface area contributed by atoms with E-state index in [1.165, 1.54) is 0 Å². The van der Waals surface area contributed by atoms with Crippen LogP contribution in [0.1, 0.15) is 17.7 Å². The van der Waals surface area contributed by atoms with Crippen molar-refractivity contribution in [3.63, 3.8) is 0 Å². The zero-order valence-electron chi connectivity index (χ0n) is 14.0. The van der Waals surface area contributed by atoms with E-state index in [2.05, 4.69) is 16.5 Å². The molecule has 0 aliphatic carbocycles. The lowest BCUT2D eigenvalue weighted by molar-refractivity contribution is -0.121. The molecule has 124 valence electrons. The van der Waals surface area contributed by atoms with Crippen LogP contribution in [-0.4, -0.2) is 22.8 Å². The fourth-order valence-corrected chi connectivity index (χ4v) is 2.70. The van der Waals surface area contributed by atoms with Gasteiger partial charge >= 0.3 is 0 Å². The Morgan fingerprint density at radius 2 is 1.92 bits per heavy atom. The predicted molar refractivity (Wildman–Crippen MR) is 93.9 cm³/mol. The lowest BCUT2D eigenvalue weighted by Gasteiger charge is -2.07. The summed E-state index contributed by atoms with van der Waals surface area (Å²) in [5, 5.41) is 8.60. The van der Waals surface area contributed by atoms with Crippen molar-refractivity contribution in [1.82, 2.24) is 15.1 Å². The maximum absolute atomic E-state index is 12.1. The Labute approximate surface area is 141 Å². The number of hydrogen-bond donors (Lipinski definition) is 1. The Kier molecular flexibility index (Phi) is 4.79. The number of ether oxygens (including phenoxy) is 1. The fourth-order valence-electron chi connectivity index (χ4n) is 2.70. The molecule has 0 bridgehead atoms. The van der Waals surface area contributed by atoms with Gasteiger partial charge in [0.2, 0.25) is 5.91 Å². The molecule has 3 aromatic rings. The molecule has 0 spiro atoms. The van der Waals surface area contributed by atoms with Gasteiger partial charge in [0.05, 0.1) is 24.9 Å². The average Bonchev–Trinajstić information content (AvgIpc) is 2.95. The Morgan fingerprint density at radius 3 is 2.67 bits per heavy atom. The Balaban J connectivity index is 1.55. The highest BCUT2D eigenvalue weighted by molar-refractivity contribution is 5.82. The summed E-state index contributed by atoms with van der Waals surface area (Å²) in [7, 11) is 1.64. The van der Waals surface area contributed by atoms with E-state index in [-0.39, 0.29) is 5.91 Å². The molecule has 0 unspecified atom stereocenters. The van der Waals surface area contributed by atoms with Crippen molar-refractivity contribution in [3.8, 4) is 5.75 Å². The van der Waals surface area contributed by atoms with E-state index in [0.29, 0.717) is 19.5 Å². The van der Waals surface area contributed by atoms with Crippen molar-refractivity contribution in [1.29, 1.82) is 0 Å². The second-order valence-electron chi connectivity index (χ2n) is 5.70. The minimum atomic E-state index is 0.0167. The zero-order chi connectivity index (χ0) is 16.9. The first-order chi connectivity index (χ1) is 11.7. The van der Waals surface area contributed by atoms with Crippen molar-refractivity contribution in [2.24, 2.45) is 0 Å². The maximum Gasteiger partial charge on any atom is 0.222 e. The van der Waals surface area contributed by atoms with E-state index >= 15 is 0 Å². The number of amides is 1. The van der Waals surface area contributed by atoms with Gasteiger partial charge in [-0.2, -0.15) is 5.10 Å². The van der Waals surface area contributed by atoms with Gasteiger partial charge in [0, 0.05) is 18.4 Å². The van der Waals surface area contributed by atoms with E-state index in [1.807, 2.05) is 54.1 Å². The summed E-state index contributed by atoms with van der Waals surface area (Å²) in [4.78, 5) is 12.1. The molecule has 3 rings (SSSR count). The molecule has 1 aromatic heterocycles. The summed E-state index contributed by atoms with van der Waals surface area (Å²) in [5.41, 5.74) is 3.10. The van der Waals surface area contributed by atoms with E-state index in [9.17, 15) is 4.79 Å². The summed E-state index contributed by atoms with van der Waals surface area (Å²) in [6.45, 7) is 3.08. The Morgan fingerprint density at radius 1 is 1.17 bits per heavy atom. The van der Waals surface area contributed by atoms with Crippen molar-refractivity contribution in [2.75, 3.05) is 7.11 Å². The number of fused-ring (bicyclic) bond motifs is 1. The SMILES string of the molecule is COc1ccc(CNC(=O)CCn2nc(C)c3ccccc32)cc1. The third-order valence-corrected chi connectivity index (χ3v) is 4.04. The third kappa shape index (κ3) is 3.56. The van der Waals surface area contributed by atoms with Crippen LogP contribution in [0.5, 0.6) is 5.75 Å². The summed E-state index contributed by atoms with van der Waals surface area (Å²) in [6, 6.07) is 15.8. The third-order valence-electron chi connectivity index (χ3n) is 4.04. The van der Waals surface area contributed by atoms with Crippen molar-refractivity contribution < 1.29 is 9.53 Å². The highest BCUT2D eigenvalue weighted by Crippen LogP contribution is 2.17. The summed E-state index contributed by atoms with van der Waals surface area (Å²) >= 11 is 0. The number of rotatable bonds is 6. The zero-order valence-corrected chi connectivity index (χ0v) is 14.0. The van der Waals surface area contributed by atoms with Crippen molar-refractivity contribution >= 4 is 16.8 Å². The molecule has 2 aromatic carbocycles. The van der Waals surface area contributed by atoms with Crippen LogP contribution in [0.3, 0.4) is 0 Å². The molecular formula is C19H21N3O2. The van der Waals surface area contributed by atoms with Gasteiger partial charge in [-0.3, -0.25) is 9.48 Å². The molecule has 0 fully saturated rings. The Bertz CT molecular complexity index is 837. The lowest BCUT2D eigenvalue weighted by Crippen LogP contribution is -2.24. The van der Waals surface area contributed by atoms with Crippen LogP contribution in [0, 0.1) is 6.92 Å². The van der Waals surface area contributed by atoms with Gasteiger partial charge in [0.1, 0.15) is 5.75 Å². The minimum Gasteiger partial charge on any atom is -0.497 e. The number of nitrogens with one attached hydrogen (secondary N) is 1. The molecule has 0 radical (unpaired) electrons. The van der Waals surface area contributed by atoms with Crippen LogP contribution in [0.25, 0.3) is 10.9 Å². The largest absolute Gasteiger partial charge is 0.497 e. The van der Waals surface area contributed by atoms with Crippen LogP contribution in [-0.2, 0) is 17.9 Å². The molecule has 0 aliphatic rings. The predicted octanol–water partition coefficient (Wildman–Crippen LogP) is 3.06. The molecule has 5 nitrogen and oxygen atoms in total. The first-order valence-electron chi connectivity index (χ1n) is 7.99. The number of methoxy groups -OCH3 is 1. The quantitative estimate of drug-likeness (QED) is 0.758. The fraction of sp³-hybridized carbons (Fsp3) is 0.263. The van der Waals surface area contributed by atoms with E-state index < -0.39 is 0 Å². The van der Waals surface area contributed by atoms with Gasteiger partial charge in [0.25, 0.3) is 0 Å². The van der Waals surface area contributed by atoms with Crippen LogP contribution in [0.15, 0.2) is 48.5 Å². The average molecular weight is 323 g/mol. The maximum atomic E-state index is 12.1. The molecule has 24 heavy (non-hydrogen) atoms. The molecule has 0 saturated heterocycles. The number of carbonyl (C=O) groups is 1. The normalized spacial score (nSPS) is 10.8. The number of para-hydroxylation sites is 1. The lowest BCUT2D eigenvalue weighted by atomic mass is 10.2. The number of aromatic nitrogens is 2. The van der Waals surface area contributed by atoms with Crippen LogP contribution < -0.4 is 10.1 Å². The smallest absolute Gasteiger partial charge is 0.222 e. The molecule has 0 aliphatic heterocycles. The van der Waals surface area contributed by atoms with Gasteiger partial charge in [-0.05, 0) is 30.7 Å². The number of aryl methyl sites for hydroxylation is 2. The van der Waals surface area contributed by atoms with Crippen LogP contribution >= 0.6 is 0 Å². The molecule has 1 amide bonds. The van der Waals surface area contributed by atoms with Crippen LogP contribution in [0.4, 0.5) is 0 Å². The first-order valence-corrected chi connectivity index (χ1v) is 7.99. The molecule has 1 heterocycles. The standard InChI is InChI=1S/C19H21N3O2/c1-14-17-5-3-4-6-18(17)22(21-14)12-11-19(23)20-13-15-7-9-16(24-2)10-8-15/h3-10H,11-13H2,1-2H3,(H,20,23). The van der Waals surface area contributed by atoms with E-state index in [4.69, 9.17) is 4.74 Å². The summed E-state index contributed by atoms with van der Waals surface area (Å²) in [6.07, 6.45) is 0.404. The Hall–Kier alpha value is -2.82. The van der Waals surface area contributed by atoms with Gasteiger partial charge in [-0.15, -0.1) is 0 Å². The van der Waals surface area contributed by atoms with Gasteiger partial charge < -0.3 is 10.1 Å². The molecule has 5 heteroatoms. The number of carbonyl (C=O) groups excluding carboxylic acids is 1. The molecule has 0 saturated carbocycles. The number of nitrogens with zero attached hydrogens (tertiary/aromatic N) is 2.